The number of ether oxygens (including phenoxy) is 9. The Labute approximate surface area is 476 Å². The number of rotatable bonds is 23. The molecule has 1 aliphatic carbocycles. The van der Waals surface area contributed by atoms with Gasteiger partial charge < -0.3 is 94.5 Å². The van der Waals surface area contributed by atoms with Gasteiger partial charge in [-0.1, -0.05) is 0 Å². The minimum atomic E-state index is -2.03. The maximum Gasteiger partial charge on any atom is 0.299 e. The van der Waals surface area contributed by atoms with Gasteiger partial charge >= 0.3 is 0 Å². The van der Waals surface area contributed by atoms with E-state index in [4.69, 9.17) is 42.6 Å². The molecule has 1 saturated carbocycles. The molecule has 6 saturated heterocycles. The molecule has 0 amide bonds. The average molecular weight is 1210 g/mol. The van der Waals surface area contributed by atoms with Gasteiger partial charge in [-0.25, -0.2) is 0 Å². The second-order valence-corrected chi connectivity index (χ2v) is 21.4. The second kappa shape index (κ2) is 24.3. The summed E-state index contributed by atoms with van der Waals surface area (Å²) in [5.74, 6) is -1.25. The van der Waals surface area contributed by atoms with Gasteiger partial charge in [0.1, 0.15) is 59.8 Å². The number of hydrogen-bond acceptors (Lipinski definition) is 32. The molecular formula is C47H57N11O27. The van der Waals surface area contributed by atoms with E-state index in [-0.39, 0.29) is 30.6 Å². The molecule has 38 nitrogen and oxygen atoms in total. The molecule has 7 fully saturated rings. The van der Waals surface area contributed by atoms with Crippen molar-refractivity contribution >= 4 is 51.2 Å². The highest BCUT2D eigenvalue weighted by Crippen LogP contribution is 2.43. The van der Waals surface area contributed by atoms with Gasteiger partial charge in [-0.15, -0.1) is 0 Å². The van der Waals surface area contributed by atoms with Gasteiger partial charge in [0.25, 0.3) is 34.1 Å². The quantitative estimate of drug-likeness (QED) is 0.0408. The fraction of sp³-hybridized carbons (Fsp3) is 0.617. The Balaban J connectivity index is 0.938. The minimum Gasteiger partial charge on any atom is -0.389 e. The Morgan fingerprint density at radius 3 is 1.34 bits per heavy atom. The van der Waals surface area contributed by atoms with Crippen molar-refractivity contribution in [1.82, 2.24) is 10.2 Å². The first-order chi connectivity index (χ1) is 40.3. The van der Waals surface area contributed by atoms with Crippen LogP contribution in [0.15, 0.2) is 54.6 Å². The smallest absolute Gasteiger partial charge is 0.299 e. The predicted molar refractivity (Wildman–Crippen MR) is 277 cm³/mol. The number of nitro benzene ring substituents is 6. The molecule has 0 spiro atoms. The molecule has 10 N–H and O–H groups in total. The van der Waals surface area contributed by atoms with Gasteiger partial charge in [0.2, 0.25) is 0 Å². The number of non-ortho nitro benzene ring substituents is 3. The van der Waals surface area contributed by atoms with Crippen LogP contribution in [0.25, 0.3) is 0 Å². The summed E-state index contributed by atoms with van der Waals surface area (Å²) >= 11 is 0. The Bertz CT molecular complexity index is 2940. The molecule has 7 aliphatic rings. The van der Waals surface area contributed by atoms with E-state index in [0.29, 0.717) is 12.1 Å². The topological polar surface area (TPSA) is 515 Å². The van der Waals surface area contributed by atoms with Crippen molar-refractivity contribution in [3.8, 4) is 0 Å². The summed E-state index contributed by atoms with van der Waals surface area (Å²) < 4.78 is 52.9. The third-order valence-electron chi connectivity index (χ3n) is 15.8. The van der Waals surface area contributed by atoms with E-state index >= 15 is 0 Å². The Hall–Kier alpha value is -7.22. The van der Waals surface area contributed by atoms with Gasteiger partial charge in [-0.2, -0.15) is 0 Å². The zero-order valence-corrected chi connectivity index (χ0v) is 44.4. The number of aliphatic hydroxyl groups is 6. The van der Waals surface area contributed by atoms with Crippen molar-refractivity contribution in [3.05, 3.63) is 115 Å². The van der Waals surface area contributed by atoms with E-state index in [2.05, 4.69) is 21.3 Å². The van der Waals surface area contributed by atoms with E-state index in [9.17, 15) is 91.3 Å². The molecule has 20 atom stereocenters. The van der Waals surface area contributed by atoms with Crippen LogP contribution in [0.4, 0.5) is 51.2 Å². The number of nitrogens with one attached hydrogen (secondary N) is 4. The summed E-state index contributed by atoms with van der Waals surface area (Å²) in [5.41, 5.74) is -4.70. The van der Waals surface area contributed by atoms with Crippen LogP contribution in [0, 0.1) is 60.7 Å². The van der Waals surface area contributed by atoms with Gasteiger partial charge in [0, 0.05) is 49.9 Å². The van der Waals surface area contributed by atoms with Crippen molar-refractivity contribution in [2.45, 2.75) is 148 Å². The van der Waals surface area contributed by atoms with Crippen LogP contribution in [0.3, 0.4) is 0 Å². The molecule has 10 rings (SSSR count). The van der Waals surface area contributed by atoms with Crippen molar-refractivity contribution < 1.29 is 103 Å². The van der Waals surface area contributed by atoms with E-state index in [1.165, 1.54) is 4.90 Å². The highest BCUT2D eigenvalue weighted by Gasteiger charge is 2.59. The summed E-state index contributed by atoms with van der Waals surface area (Å²) in [6.45, 7) is 0.670. The fourth-order valence-electron chi connectivity index (χ4n) is 11.8. The van der Waals surface area contributed by atoms with Gasteiger partial charge in [0.05, 0.1) is 96.4 Å². The van der Waals surface area contributed by atoms with Crippen molar-refractivity contribution in [2.24, 2.45) is 0 Å². The molecule has 6 heterocycles. The predicted octanol–water partition coefficient (Wildman–Crippen LogP) is -0.852. The van der Waals surface area contributed by atoms with Gasteiger partial charge in [-0.05, 0) is 38.5 Å². The number of nitro groups is 6. The van der Waals surface area contributed by atoms with Crippen LogP contribution < -0.4 is 21.3 Å². The first-order valence-electron chi connectivity index (χ1n) is 26.2. The average Bonchev–Trinajstić information content (AvgIpc) is 2.13. The second-order valence-electron chi connectivity index (χ2n) is 21.4. The lowest BCUT2D eigenvalue weighted by molar-refractivity contribution is -0.393. The molecule has 0 bridgehead atoms. The Morgan fingerprint density at radius 2 is 0.929 bits per heavy atom. The molecule has 0 aromatic heterocycles. The maximum atomic E-state index is 12.4. The van der Waals surface area contributed by atoms with Crippen LogP contribution in [-0.2, 0) is 42.6 Å². The zero-order chi connectivity index (χ0) is 61.1. The molecule has 0 radical (unpaired) electrons. The summed E-state index contributed by atoms with van der Waals surface area (Å²) in [7, 11) is 0. The number of benzene rings is 3. The lowest BCUT2D eigenvalue weighted by Crippen LogP contribution is -2.66. The molecule has 462 valence electrons. The number of aliphatic hydroxyl groups excluding tert-OH is 6. The number of nitrogens with zero attached hydrogens (tertiary/aromatic N) is 7. The molecule has 6 aliphatic heterocycles. The lowest BCUT2D eigenvalue weighted by Gasteiger charge is -2.47. The van der Waals surface area contributed by atoms with Crippen molar-refractivity contribution in [3.63, 3.8) is 0 Å². The molecular weight excluding hydrogens is 1150 g/mol. The van der Waals surface area contributed by atoms with E-state index in [1.807, 2.05) is 0 Å². The van der Waals surface area contributed by atoms with Gasteiger partial charge in [0.15, 0.2) is 38.2 Å². The summed E-state index contributed by atoms with van der Waals surface area (Å²) in [6, 6.07) is 2.03. The standard InChI is InChI=1S/C47H57N11O27/c1-47(2)84-43-34(51-23-8-5-20(55(69)70)11-27(23)58(75)76)38(83-46(43)85-47)29(59)13-48-24-12-28(36(63)37(64)35(24)62)52(14-30(60)39-32(41-44(81-39)79-16-77-41)49-21-6-3-18(53(65)66)9-25(21)56(71)72)15-31(61)40-33(42-45(82-40)80-17-78-42)50-22-7-4-19(54(67)68)10-26(22)57(73)74/h3-11,24,28-46,48-51,59-64H,12-17H2,1-2H3/t24-,28+,29?,30?,31?,32-,33-,34+,35+,36-,37-,38-,39+,40+,41+,42+,43-,44-,45-,46-/m1/s1. The van der Waals surface area contributed by atoms with E-state index in [1.54, 1.807) is 13.8 Å². The first kappa shape index (κ1) is 60.9. The summed E-state index contributed by atoms with van der Waals surface area (Å²) in [5, 5.41) is 155. The maximum absolute atomic E-state index is 12.4. The molecule has 3 aromatic rings. The van der Waals surface area contributed by atoms with Crippen molar-refractivity contribution in [1.29, 1.82) is 0 Å². The lowest BCUT2D eigenvalue weighted by atomic mass is 9.82. The van der Waals surface area contributed by atoms with Crippen LogP contribution in [0.5, 0.6) is 0 Å². The fourth-order valence-corrected chi connectivity index (χ4v) is 11.8. The number of hydrogen-bond donors (Lipinski definition) is 10. The molecule has 85 heavy (non-hydrogen) atoms. The number of anilines is 3. The van der Waals surface area contributed by atoms with Crippen molar-refractivity contribution in [2.75, 3.05) is 49.2 Å². The molecule has 3 aromatic carbocycles. The Kier molecular flexibility index (Phi) is 17.4. The highest BCUT2D eigenvalue weighted by molar-refractivity contribution is 5.68. The monoisotopic (exact) mass is 1210 g/mol. The Morgan fingerprint density at radius 1 is 0.529 bits per heavy atom. The first-order valence-corrected chi connectivity index (χ1v) is 26.2. The minimum absolute atomic E-state index is 0.211. The normalized spacial score (nSPS) is 33.8. The van der Waals surface area contributed by atoms with Crippen LogP contribution >= 0.6 is 0 Å². The summed E-state index contributed by atoms with van der Waals surface area (Å²) in [6.07, 6.45) is -22.5. The van der Waals surface area contributed by atoms with Crippen LogP contribution in [0.1, 0.15) is 20.3 Å². The molecule has 3 unspecified atom stereocenters. The summed E-state index contributed by atoms with van der Waals surface area (Å²) in [4.78, 5) is 67.5. The van der Waals surface area contributed by atoms with Gasteiger partial charge in [-0.3, -0.25) is 65.6 Å². The zero-order valence-electron chi connectivity index (χ0n) is 44.4. The van der Waals surface area contributed by atoms with Crippen LogP contribution in [-0.4, -0.2) is 226 Å². The van der Waals surface area contributed by atoms with E-state index in [0.717, 1.165) is 42.5 Å². The van der Waals surface area contributed by atoms with Crippen LogP contribution in [0.2, 0.25) is 0 Å². The molecule has 38 heteroatoms. The number of fused-ring (bicyclic) bond motifs is 3. The third-order valence-corrected chi connectivity index (χ3v) is 15.8. The highest BCUT2D eigenvalue weighted by atomic mass is 16.8. The third kappa shape index (κ3) is 12.3. The van der Waals surface area contributed by atoms with E-state index < -0.39 is 218 Å². The largest absolute Gasteiger partial charge is 0.389 e. The SMILES string of the molecule is CC1(C)O[C@H]2O[C@H](C(O)CN[C@@H]3C[C@H](N(CC(O)[C@@H]4O[C@H]5OCO[C@H]5[C@@H]4Nc4ccc([N+](=O)[O-])cc4[N+](=O)[O-])CC(O)[C@@H]4O[C@H]5OCO[C@H]5[C@@H]4Nc4ccc([N+](=O)[O-])cc4[N+](=O)[O-])[C@@H](O)[C@H](O)[C@H]3O)[C@H](Nc3ccc([N+](=O)[O-])cc3[N+](=O)[O-])[C@H]2O1.